The van der Waals surface area contributed by atoms with Gasteiger partial charge in [-0.15, -0.1) is 0 Å². The van der Waals surface area contributed by atoms with E-state index in [0.29, 0.717) is 0 Å². The van der Waals surface area contributed by atoms with E-state index in [2.05, 4.69) is 4.98 Å². The quantitative estimate of drug-likeness (QED) is 0.476. The highest BCUT2D eigenvalue weighted by molar-refractivity contribution is 5.75. The highest BCUT2D eigenvalue weighted by atomic mass is 19.3. The summed E-state index contributed by atoms with van der Waals surface area (Å²) in [7, 11) is 0. The Morgan fingerprint density at radius 3 is 2.48 bits per heavy atom. The van der Waals surface area contributed by atoms with E-state index in [-0.39, 0.29) is 11.1 Å². The van der Waals surface area contributed by atoms with Gasteiger partial charge in [0.25, 0.3) is 5.92 Å². The molecule has 0 aliphatic carbocycles. The predicted molar refractivity (Wildman–Crippen MR) is 75.8 cm³/mol. The number of nitro groups is 1. The minimum absolute atomic E-state index is 0.267. The van der Waals surface area contributed by atoms with Crippen LogP contribution in [0.1, 0.15) is 12.0 Å². The maximum Gasteiger partial charge on any atom is 0.303 e. The second-order valence-corrected chi connectivity index (χ2v) is 5.28. The van der Waals surface area contributed by atoms with Gasteiger partial charge in [0.15, 0.2) is 5.69 Å². The number of pyridine rings is 1. The molecule has 3 rings (SSSR count). The molecule has 1 fully saturated rings. The first-order valence-electron chi connectivity index (χ1n) is 6.98. The minimum atomic E-state index is -3.22. The molecule has 1 aliphatic rings. The molecule has 2 heterocycles. The van der Waals surface area contributed by atoms with E-state index in [4.69, 9.17) is 9.47 Å². The van der Waals surface area contributed by atoms with Crippen LogP contribution in [0.5, 0.6) is 0 Å². The zero-order valence-corrected chi connectivity index (χ0v) is 12.4. The van der Waals surface area contributed by atoms with Crippen molar-refractivity contribution in [1.29, 1.82) is 0 Å². The molecule has 0 bridgehead atoms. The zero-order valence-electron chi connectivity index (χ0n) is 12.4. The molecule has 0 saturated carbocycles. The standard InChI is InChI=1S/C15H10F4N2O4/c16-8-1-2-11(17)10(5-8)9-3-4-20-12(13(9)21(22)23)14-24-6-15(18,19)7-25-14/h1-5,14H,6-7H2. The zero-order chi connectivity index (χ0) is 18.2. The summed E-state index contributed by atoms with van der Waals surface area (Å²) in [6.45, 7) is -2.01. The lowest BCUT2D eigenvalue weighted by molar-refractivity contribution is -0.388. The number of rotatable bonds is 3. The molecule has 0 unspecified atom stereocenters. The molecule has 1 aliphatic heterocycles. The van der Waals surface area contributed by atoms with Crippen molar-refractivity contribution in [3.63, 3.8) is 0 Å². The Morgan fingerprint density at radius 1 is 1.16 bits per heavy atom. The molecule has 10 heteroatoms. The van der Waals surface area contributed by atoms with Gasteiger partial charge in [0.2, 0.25) is 6.29 Å². The lowest BCUT2D eigenvalue weighted by Gasteiger charge is -2.28. The van der Waals surface area contributed by atoms with Crippen LogP contribution in [0.25, 0.3) is 11.1 Å². The highest BCUT2D eigenvalue weighted by Gasteiger charge is 2.41. The lowest BCUT2D eigenvalue weighted by Crippen LogP contribution is -2.37. The van der Waals surface area contributed by atoms with Crippen LogP contribution in [-0.2, 0) is 9.47 Å². The Morgan fingerprint density at radius 2 is 1.84 bits per heavy atom. The van der Waals surface area contributed by atoms with Gasteiger partial charge in [0.1, 0.15) is 24.8 Å². The van der Waals surface area contributed by atoms with Crippen LogP contribution in [0.2, 0.25) is 0 Å². The van der Waals surface area contributed by atoms with Gasteiger partial charge < -0.3 is 9.47 Å². The van der Waals surface area contributed by atoms with Gasteiger partial charge in [-0.05, 0) is 24.3 Å². The molecule has 2 aromatic rings. The van der Waals surface area contributed by atoms with Crippen LogP contribution in [0.3, 0.4) is 0 Å². The number of hydrogen-bond acceptors (Lipinski definition) is 5. The molecular formula is C15H10F4N2O4. The van der Waals surface area contributed by atoms with Crippen LogP contribution in [-0.4, -0.2) is 29.0 Å². The summed E-state index contributed by atoms with van der Waals surface area (Å²) in [4.78, 5) is 14.4. The summed E-state index contributed by atoms with van der Waals surface area (Å²) in [6, 6.07) is 3.60. The first kappa shape index (κ1) is 17.2. The van der Waals surface area contributed by atoms with Crippen molar-refractivity contribution < 1.29 is 32.0 Å². The monoisotopic (exact) mass is 358 g/mol. The average molecular weight is 358 g/mol. The Balaban J connectivity index is 2.10. The third-order valence-electron chi connectivity index (χ3n) is 3.47. The molecule has 1 aromatic heterocycles. The van der Waals surface area contributed by atoms with Crippen molar-refractivity contribution >= 4 is 5.69 Å². The molecule has 0 atom stereocenters. The molecule has 25 heavy (non-hydrogen) atoms. The molecule has 1 aromatic carbocycles. The lowest BCUT2D eigenvalue weighted by atomic mass is 10.0. The second kappa shape index (κ2) is 6.37. The van der Waals surface area contributed by atoms with Crippen LogP contribution in [0, 0.1) is 21.7 Å². The first-order chi connectivity index (χ1) is 11.8. The predicted octanol–water partition coefficient (Wildman–Crippen LogP) is 3.62. The summed E-state index contributed by atoms with van der Waals surface area (Å²) in [6.07, 6.45) is -0.418. The maximum atomic E-state index is 14.0. The van der Waals surface area contributed by atoms with Crippen molar-refractivity contribution in [2.45, 2.75) is 12.2 Å². The molecule has 0 amide bonds. The van der Waals surface area contributed by atoms with E-state index < -0.39 is 53.4 Å². The summed E-state index contributed by atoms with van der Waals surface area (Å²) < 4.78 is 63.2. The van der Waals surface area contributed by atoms with Crippen molar-refractivity contribution in [1.82, 2.24) is 4.98 Å². The molecule has 6 nitrogen and oxygen atoms in total. The third kappa shape index (κ3) is 3.44. The Hall–Kier alpha value is -2.59. The fourth-order valence-corrected chi connectivity index (χ4v) is 2.40. The van der Waals surface area contributed by atoms with Gasteiger partial charge in [-0.25, -0.2) is 22.5 Å². The van der Waals surface area contributed by atoms with Gasteiger partial charge in [-0.1, -0.05) is 0 Å². The molecule has 132 valence electrons. The molecule has 0 radical (unpaired) electrons. The molecule has 0 spiro atoms. The number of ether oxygens (including phenoxy) is 2. The van der Waals surface area contributed by atoms with Crippen molar-refractivity contribution in [3.8, 4) is 11.1 Å². The first-order valence-corrected chi connectivity index (χ1v) is 6.98. The Kier molecular flexibility index (Phi) is 4.39. The largest absolute Gasteiger partial charge is 0.340 e. The minimum Gasteiger partial charge on any atom is -0.340 e. The number of alkyl halides is 2. The van der Waals surface area contributed by atoms with E-state index >= 15 is 0 Å². The van der Waals surface area contributed by atoms with Gasteiger partial charge >= 0.3 is 5.69 Å². The normalized spacial score (nSPS) is 17.4. The number of benzene rings is 1. The average Bonchev–Trinajstić information content (AvgIpc) is 2.56. The Labute approximate surface area is 138 Å². The number of nitrogens with zero attached hydrogens (tertiary/aromatic N) is 2. The van der Waals surface area contributed by atoms with Gasteiger partial charge in [0, 0.05) is 11.8 Å². The van der Waals surface area contributed by atoms with Crippen molar-refractivity contribution in [2.24, 2.45) is 0 Å². The van der Waals surface area contributed by atoms with Gasteiger partial charge in [-0.2, -0.15) is 0 Å². The van der Waals surface area contributed by atoms with E-state index in [1.807, 2.05) is 0 Å². The third-order valence-corrected chi connectivity index (χ3v) is 3.47. The highest BCUT2D eigenvalue weighted by Crippen LogP contribution is 2.39. The van der Waals surface area contributed by atoms with Crippen LogP contribution >= 0.6 is 0 Å². The van der Waals surface area contributed by atoms with Gasteiger partial charge in [0.05, 0.1) is 10.5 Å². The van der Waals surface area contributed by atoms with E-state index in [1.54, 1.807) is 0 Å². The van der Waals surface area contributed by atoms with Gasteiger partial charge in [-0.3, -0.25) is 10.1 Å². The topological polar surface area (TPSA) is 74.5 Å². The van der Waals surface area contributed by atoms with Crippen LogP contribution < -0.4 is 0 Å². The summed E-state index contributed by atoms with van der Waals surface area (Å²) in [5, 5.41) is 11.5. The smallest absolute Gasteiger partial charge is 0.303 e. The second-order valence-electron chi connectivity index (χ2n) is 5.28. The van der Waals surface area contributed by atoms with Crippen LogP contribution in [0.15, 0.2) is 30.5 Å². The van der Waals surface area contributed by atoms with E-state index in [1.165, 1.54) is 0 Å². The number of hydrogen-bond donors (Lipinski definition) is 0. The molecule has 1 saturated heterocycles. The summed E-state index contributed by atoms with van der Waals surface area (Å²) in [5.74, 6) is -4.91. The summed E-state index contributed by atoms with van der Waals surface area (Å²) in [5.41, 5.74) is -1.74. The number of aromatic nitrogens is 1. The maximum absolute atomic E-state index is 14.0. The fourth-order valence-electron chi connectivity index (χ4n) is 2.40. The SMILES string of the molecule is O=[N+]([O-])c1c(-c2cc(F)ccc2F)ccnc1C1OCC(F)(F)CO1. The fraction of sp³-hybridized carbons (Fsp3) is 0.267. The van der Waals surface area contributed by atoms with E-state index in [0.717, 1.165) is 30.5 Å². The molecular weight excluding hydrogens is 348 g/mol. The summed E-state index contributed by atoms with van der Waals surface area (Å²) >= 11 is 0. The van der Waals surface area contributed by atoms with Crippen molar-refractivity contribution in [3.05, 3.63) is 57.9 Å². The number of halogens is 4. The van der Waals surface area contributed by atoms with E-state index in [9.17, 15) is 27.7 Å². The Bertz CT molecular complexity index is 821. The molecule has 0 N–H and O–H groups in total. The van der Waals surface area contributed by atoms with Crippen molar-refractivity contribution in [2.75, 3.05) is 13.2 Å². The van der Waals surface area contributed by atoms with Crippen LogP contribution in [0.4, 0.5) is 23.2 Å².